The lowest BCUT2D eigenvalue weighted by atomic mass is 9.97. The molecule has 0 heterocycles. The Hall–Kier alpha value is -1.81. The van der Waals surface area contributed by atoms with Crippen LogP contribution in [0.4, 0.5) is 5.69 Å². The molecule has 0 radical (unpaired) electrons. The lowest BCUT2D eigenvalue weighted by Gasteiger charge is -2.13. The maximum absolute atomic E-state index is 11.8. The minimum atomic E-state index is -0.169. The van der Waals surface area contributed by atoms with Gasteiger partial charge in [0.25, 0.3) is 0 Å². The Bertz CT molecular complexity index is 567. The van der Waals surface area contributed by atoms with Crippen molar-refractivity contribution in [2.75, 3.05) is 11.9 Å². The Labute approximate surface area is 142 Å². The first kappa shape index (κ1) is 17.5. The molecule has 2 rings (SSSR count). The van der Waals surface area contributed by atoms with Gasteiger partial charge >= 0.3 is 0 Å². The Kier molecular flexibility index (Phi) is 7.14. The van der Waals surface area contributed by atoms with Crippen LogP contribution in [0.15, 0.2) is 35.9 Å². The Morgan fingerprint density at radius 2 is 1.78 bits per heavy atom. The molecule has 0 aromatic heterocycles. The third kappa shape index (κ3) is 6.87. The summed E-state index contributed by atoms with van der Waals surface area (Å²) in [5.74, 6) is -0.245. The first-order valence-electron chi connectivity index (χ1n) is 8.13. The van der Waals surface area contributed by atoms with Crippen LogP contribution in [0.2, 0.25) is 5.02 Å². The van der Waals surface area contributed by atoms with Crippen LogP contribution in [0.3, 0.4) is 0 Å². The zero-order valence-electron chi connectivity index (χ0n) is 13.2. The van der Waals surface area contributed by atoms with Gasteiger partial charge in [-0.2, -0.15) is 0 Å². The SMILES string of the molecule is O=C(CCC(=O)Nc1ccc(Cl)cc1)NCCC1=CCCCC1. The van der Waals surface area contributed by atoms with Crippen molar-refractivity contribution >= 4 is 29.1 Å². The molecule has 5 heteroatoms. The molecule has 0 aliphatic heterocycles. The smallest absolute Gasteiger partial charge is 0.224 e. The molecule has 0 saturated carbocycles. The molecular weight excluding hydrogens is 312 g/mol. The van der Waals surface area contributed by atoms with Gasteiger partial charge in [-0.25, -0.2) is 0 Å². The van der Waals surface area contributed by atoms with Crippen molar-refractivity contribution in [2.24, 2.45) is 0 Å². The molecule has 0 fully saturated rings. The van der Waals surface area contributed by atoms with Gasteiger partial charge in [-0.05, 0) is 56.4 Å². The number of hydrogen-bond donors (Lipinski definition) is 2. The molecule has 0 saturated heterocycles. The molecule has 0 unspecified atom stereocenters. The summed E-state index contributed by atoms with van der Waals surface area (Å²) in [6.07, 6.45) is 8.43. The first-order valence-corrected chi connectivity index (χ1v) is 8.51. The van der Waals surface area contributed by atoms with Crippen LogP contribution in [0.1, 0.15) is 44.9 Å². The zero-order chi connectivity index (χ0) is 16.5. The highest BCUT2D eigenvalue weighted by atomic mass is 35.5. The number of rotatable bonds is 7. The molecule has 1 aromatic carbocycles. The van der Waals surface area contributed by atoms with Crippen LogP contribution >= 0.6 is 11.6 Å². The van der Waals surface area contributed by atoms with Gasteiger partial charge in [-0.15, -0.1) is 0 Å². The van der Waals surface area contributed by atoms with Crippen molar-refractivity contribution in [3.05, 3.63) is 40.9 Å². The van der Waals surface area contributed by atoms with E-state index in [0.29, 0.717) is 17.3 Å². The lowest BCUT2D eigenvalue weighted by Crippen LogP contribution is -2.26. The summed E-state index contributed by atoms with van der Waals surface area (Å²) < 4.78 is 0. The van der Waals surface area contributed by atoms with E-state index in [1.807, 2.05) is 0 Å². The van der Waals surface area contributed by atoms with Gasteiger partial charge in [-0.3, -0.25) is 9.59 Å². The summed E-state index contributed by atoms with van der Waals surface area (Å²) in [5.41, 5.74) is 2.13. The third-order valence-electron chi connectivity index (χ3n) is 3.86. The van der Waals surface area contributed by atoms with E-state index < -0.39 is 0 Å². The van der Waals surface area contributed by atoms with Gasteiger partial charge in [0.15, 0.2) is 0 Å². The van der Waals surface area contributed by atoms with Gasteiger partial charge < -0.3 is 10.6 Å². The quantitative estimate of drug-likeness (QED) is 0.738. The number of anilines is 1. The van der Waals surface area contributed by atoms with Gasteiger partial charge in [0.05, 0.1) is 0 Å². The van der Waals surface area contributed by atoms with Crippen molar-refractivity contribution < 1.29 is 9.59 Å². The molecule has 124 valence electrons. The first-order chi connectivity index (χ1) is 11.1. The van der Waals surface area contributed by atoms with Gasteiger partial charge in [0, 0.05) is 30.1 Å². The van der Waals surface area contributed by atoms with Gasteiger partial charge in [0.2, 0.25) is 11.8 Å². The van der Waals surface area contributed by atoms with Gasteiger partial charge in [0.1, 0.15) is 0 Å². The number of nitrogens with one attached hydrogen (secondary N) is 2. The largest absolute Gasteiger partial charge is 0.356 e. The number of halogens is 1. The second-order valence-electron chi connectivity index (χ2n) is 5.76. The molecule has 2 amide bonds. The highest BCUT2D eigenvalue weighted by Crippen LogP contribution is 2.19. The van der Waals surface area contributed by atoms with Crippen LogP contribution in [0.25, 0.3) is 0 Å². The van der Waals surface area contributed by atoms with E-state index >= 15 is 0 Å². The fourth-order valence-corrected chi connectivity index (χ4v) is 2.69. The number of allylic oxidation sites excluding steroid dienone is 1. The van der Waals surface area contributed by atoms with E-state index in [4.69, 9.17) is 11.6 Å². The number of amides is 2. The predicted molar refractivity (Wildman–Crippen MR) is 93.5 cm³/mol. The summed E-state index contributed by atoms with van der Waals surface area (Å²) >= 11 is 5.79. The molecule has 0 bridgehead atoms. The molecule has 1 aliphatic rings. The highest BCUT2D eigenvalue weighted by molar-refractivity contribution is 6.30. The number of carbonyl (C=O) groups is 2. The molecule has 1 aromatic rings. The minimum Gasteiger partial charge on any atom is -0.356 e. The maximum Gasteiger partial charge on any atom is 0.224 e. The standard InChI is InChI=1S/C18H23ClN2O2/c19-15-6-8-16(9-7-15)21-18(23)11-10-17(22)20-13-12-14-4-2-1-3-5-14/h4,6-9H,1-3,5,10-13H2,(H,20,22)(H,21,23). The third-order valence-corrected chi connectivity index (χ3v) is 4.11. The Balaban J connectivity index is 1.60. The lowest BCUT2D eigenvalue weighted by molar-refractivity contribution is -0.124. The summed E-state index contributed by atoms with van der Waals surface area (Å²) in [6, 6.07) is 6.89. The topological polar surface area (TPSA) is 58.2 Å². The monoisotopic (exact) mass is 334 g/mol. The number of carbonyl (C=O) groups excluding carboxylic acids is 2. The van der Waals surface area contributed by atoms with E-state index in [9.17, 15) is 9.59 Å². The second-order valence-corrected chi connectivity index (χ2v) is 6.20. The van der Waals surface area contributed by atoms with E-state index in [1.165, 1.54) is 18.4 Å². The summed E-state index contributed by atoms with van der Waals surface area (Å²) in [5, 5.41) is 6.25. The fourth-order valence-electron chi connectivity index (χ4n) is 2.57. The summed E-state index contributed by atoms with van der Waals surface area (Å²) in [4.78, 5) is 23.5. The van der Waals surface area contributed by atoms with Crippen LogP contribution in [0.5, 0.6) is 0 Å². The zero-order valence-corrected chi connectivity index (χ0v) is 14.0. The molecule has 0 atom stereocenters. The maximum atomic E-state index is 11.8. The van der Waals surface area contributed by atoms with E-state index in [0.717, 1.165) is 19.3 Å². The average Bonchev–Trinajstić information content (AvgIpc) is 2.56. The van der Waals surface area contributed by atoms with Crippen LogP contribution in [-0.2, 0) is 9.59 Å². The molecular formula is C18H23ClN2O2. The fraction of sp³-hybridized carbons (Fsp3) is 0.444. The van der Waals surface area contributed by atoms with E-state index in [1.54, 1.807) is 24.3 Å². The molecule has 1 aliphatic carbocycles. The van der Waals surface area contributed by atoms with Crippen LogP contribution < -0.4 is 10.6 Å². The minimum absolute atomic E-state index is 0.0762. The van der Waals surface area contributed by atoms with E-state index in [-0.39, 0.29) is 24.7 Å². The number of hydrogen-bond acceptors (Lipinski definition) is 2. The Morgan fingerprint density at radius 3 is 2.48 bits per heavy atom. The van der Waals surface area contributed by atoms with Crippen molar-refractivity contribution in [3.8, 4) is 0 Å². The predicted octanol–water partition coefficient (Wildman–Crippen LogP) is 4.07. The van der Waals surface area contributed by atoms with Gasteiger partial charge in [-0.1, -0.05) is 23.3 Å². The summed E-state index contributed by atoms with van der Waals surface area (Å²) in [7, 11) is 0. The molecule has 2 N–H and O–H groups in total. The van der Waals surface area contributed by atoms with E-state index in [2.05, 4.69) is 16.7 Å². The number of benzene rings is 1. The Morgan fingerprint density at radius 1 is 1.04 bits per heavy atom. The van der Waals surface area contributed by atoms with Crippen molar-refractivity contribution in [3.63, 3.8) is 0 Å². The van der Waals surface area contributed by atoms with Crippen molar-refractivity contribution in [1.29, 1.82) is 0 Å². The summed E-state index contributed by atoms with van der Waals surface area (Å²) in [6.45, 7) is 0.656. The normalized spacial score (nSPS) is 14.0. The van der Waals surface area contributed by atoms with Crippen LogP contribution in [-0.4, -0.2) is 18.4 Å². The van der Waals surface area contributed by atoms with Crippen LogP contribution in [0, 0.1) is 0 Å². The molecule has 4 nitrogen and oxygen atoms in total. The average molecular weight is 335 g/mol. The highest BCUT2D eigenvalue weighted by Gasteiger charge is 2.08. The molecule has 23 heavy (non-hydrogen) atoms. The van der Waals surface area contributed by atoms with Crippen molar-refractivity contribution in [2.45, 2.75) is 44.9 Å². The molecule has 0 spiro atoms. The second kappa shape index (κ2) is 9.36. The van der Waals surface area contributed by atoms with Crippen molar-refractivity contribution in [1.82, 2.24) is 5.32 Å².